The number of thiophene rings is 1. The van der Waals surface area contributed by atoms with Crippen LogP contribution in [0.25, 0.3) is 0 Å². The Morgan fingerprint density at radius 1 is 1.60 bits per heavy atom. The van der Waals surface area contributed by atoms with E-state index in [2.05, 4.69) is 12.2 Å². The van der Waals surface area contributed by atoms with Crippen molar-refractivity contribution in [2.75, 3.05) is 12.4 Å². The number of amides is 1. The number of alkyl halides is 1. The van der Waals surface area contributed by atoms with Gasteiger partial charge in [-0.05, 0) is 24.5 Å². The van der Waals surface area contributed by atoms with Gasteiger partial charge in [0.05, 0.1) is 9.21 Å². The minimum absolute atomic E-state index is 0.0617. The van der Waals surface area contributed by atoms with Gasteiger partial charge in [0.25, 0.3) is 5.91 Å². The van der Waals surface area contributed by atoms with Crippen molar-refractivity contribution in [3.8, 4) is 0 Å². The molecule has 1 unspecified atom stereocenters. The predicted molar refractivity (Wildman–Crippen MR) is 66.2 cm³/mol. The van der Waals surface area contributed by atoms with Gasteiger partial charge in [-0.3, -0.25) is 4.79 Å². The molecule has 1 aromatic rings. The number of carbonyl (C=O) groups is 1. The Hall–Kier alpha value is -0.250. The lowest BCUT2D eigenvalue weighted by atomic mass is 10.1. The van der Waals surface area contributed by atoms with E-state index >= 15 is 0 Å². The Bertz CT molecular complexity index is 327. The summed E-state index contributed by atoms with van der Waals surface area (Å²) in [4.78, 5) is 12.2. The molecule has 0 radical (unpaired) electrons. The summed E-state index contributed by atoms with van der Waals surface area (Å²) < 4.78 is 0.633. The van der Waals surface area contributed by atoms with Crippen LogP contribution in [-0.2, 0) is 0 Å². The van der Waals surface area contributed by atoms with E-state index in [9.17, 15) is 4.79 Å². The smallest absolute Gasteiger partial charge is 0.261 e. The van der Waals surface area contributed by atoms with Crippen LogP contribution in [0.3, 0.4) is 0 Å². The number of rotatable bonds is 5. The van der Waals surface area contributed by atoms with Gasteiger partial charge < -0.3 is 5.32 Å². The molecule has 15 heavy (non-hydrogen) atoms. The van der Waals surface area contributed by atoms with Crippen molar-refractivity contribution in [2.24, 2.45) is 5.92 Å². The third kappa shape index (κ3) is 4.41. The Morgan fingerprint density at radius 2 is 2.33 bits per heavy atom. The lowest BCUT2D eigenvalue weighted by Crippen LogP contribution is -2.27. The molecule has 0 aliphatic heterocycles. The molecule has 0 spiro atoms. The van der Waals surface area contributed by atoms with Gasteiger partial charge in [0, 0.05) is 12.4 Å². The quantitative estimate of drug-likeness (QED) is 0.813. The molecule has 0 bridgehead atoms. The molecule has 0 saturated heterocycles. The molecule has 5 heteroatoms. The molecule has 84 valence electrons. The van der Waals surface area contributed by atoms with Crippen molar-refractivity contribution < 1.29 is 4.79 Å². The van der Waals surface area contributed by atoms with Crippen molar-refractivity contribution >= 4 is 40.4 Å². The van der Waals surface area contributed by atoms with Crippen molar-refractivity contribution in [2.45, 2.75) is 13.3 Å². The highest BCUT2D eigenvalue weighted by Crippen LogP contribution is 2.21. The average Bonchev–Trinajstić information content (AvgIpc) is 2.62. The van der Waals surface area contributed by atoms with Crippen LogP contribution < -0.4 is 5.32 Å². The van der Waals surface area contributed by atoms with Crippen LogP contribution in [0.5, 0.6) is 0 Å². The molecular weight excluding hydrogens is 253 g/mol. The van der Waals surface area contributed by atoms with Crippen LogP contribution in [0.2, 0.25) is 4.34 Å². The standard InChI is InChI=1S/C10H13Cl2NOS/c1-7(4-5-11)6-13-10(14)8-2-3-9(12)15-8/h2-3,7H,4-6H2,1H3,(H,13,14). The summed E-state index contributed by atoms with van der Waals surface area (Å²) in [6.45, 7) is 2.71. The maximum atomic E-state index is 11.6. The van der Waals surface area contributed by atoms with Crippen molar-refractivity contribution in [1.29, 1.82) is 0 Å². The summed E-state index contributed by atoms with van der Waals surface area (Å²) in [5, 5.41) is 2.85. The molecule has 0 aliphatic rings. The summed E-state index contributed by atoms with van der Waals surface area (Å²) in [5.41, 5.74) is 0. The van der Waals surface area contributed by atoms with Gasteiger partial charge in [0.2, 0.25) is 0 Å². The molecule has 1 atom stereocenters. The molecule has 0 aliphatic carbocycles. The van der Waals surface area contributed by atoms with E-state index in [1.165, 1.54) is 11.3 Å². The van der Waals surface area contributed by atoms with E-state index in [0.29, 0.717) is 27.6 Å². The number of halogens is 2. The van der Waals surface area contributed by atoms with Gasteiger partial charge in [0.15, 0.2) is 0 Å². The number of hydrogen-bond acceptors (Lipinski definition) is 2. The second-order valence-corrected chi connectivity index (χ2v) is 5.49. The fourth-order valence-corrected chi connectivity index (χ4v) is 2.41. The van der Waals surface area contributed by atoms with Crippen LogP contribution >= 0.6 is 34.5 Å². The van der Waals surface area contributed by atoms with Gasteiger partial charge in [-0.25, -0.2) is 0 Å². The maximum Gasteiger partial charge on any atom is 0.261 e. The summed E-state index contributed by atoms with van der Waals surface area (Å²) in [6, 6.07) is 3.46. The summed E-state index contributed by atoms with van der Waals surface area (Å²) in [6.07, 6.45) is 0.910. The number of carbonyl (C=O) groups excluding carboxylic acids is 1. The molecule has 1 rings (SSSR count). The van der Waals surface area contributed by atoms with Gasteiger partial charge >= 0.3 is 0 Å². The third-order valence-corrected chi connectivity index (χ3v) is 3.46. The normalized spacial score (nSPS) is 12.5. The van der Waals surface area contributed by atoms with Gasteiger partial charge in [0.1, 0.15) is 0 Å². The second kappa shape index (κ2) is 6.36. The Balaban J connectivity index is 2.36. The van der Waals surface area contributed by atoms with Crippen LogP contribution in [0.4, 0.5) is 0 Å². The van der Waals surface area contributed by atoms with E-state index in [1.807, 2.05) is 0 Å². The highest BCUT2D eigenvalue weighted by molar-refractivity contribution is 7.17. The molecule has 1 heterocycles. The van der Waals surface area contributed by atoms with Crippen molar-refractivity contribution in [3.05, 3.63) is 21.3 Å². The van der Waals surface area contributed by atoms with Crippen molar-refractivity contribution in [1.82, 2.24) is 5.32 Å². The number of nitrogens with one attached hydrogen (secondary N) is 1. The maximum absolute atomic E-state index is 11.6. The fraction of sp³-hybridized carbons (Fsp3) is 0.500. The van der Waals surface area contributed by atoms with Gasteiger partial charge in [-0.2, -0.15) is 0 Å². The first-order valence-corrected chi connectivity index (χ1v) is 6.46. The molecule has 1 amide bonds. The first kappa shape index (κ1) is 12.8. The Morgan fingerprint density at radius 3 is 2.87 bits per heavy atom. The van der Waals surface area contributed by atoms with E-state index < -0.39 is 0 Å². The third-order valence-electron chi connectivity index (χ3n) is 2.01. The summed E-state index contributed by atoms with van der Waals surface area (Å²) in [7, 11) is 0. The molecule has 2 nitrogen and oxygen atoms in total. The zero-order valence-electron chi connectivity index (χ0n) is 8.43. The Labute approximate surface area is 104 Å². The molecule has 0 fully saturated rings. The zero-order chi connectivity index (χ0) is 11.3. The molecule has 0 aromatic carbocycles. The monoisotopic (exact) mass is 265 g/mol. The molecule has 1 N–H and O–H groups in total. The summed E-state index contributed by atoms with van der Waals surface area (Å²) in [5.74, 6) is 0.970. The van der Waals surface area contributed by atoms with Gasteiger partial charge in [-0.1, -0.05) is 18.5 Å². The van der Waals surface area contributed by atoms with Crippen molar-refractivity contribution in [3.63, 3.8) is 0 Å². The topological polar surface area (TPSA) is 29.1 Å². The first-order chi connectivity index (χ1) is 7.13. The molecular formula is C10H13Cl2NOS. The molecule has 0 saturated carbocycles. The van der Waals surface area contributed by atoms with Crippen LogP contribution in [0, 0.1) is 5.92 Å². The lowest BCUT2D eigenvalue weighted by molar-refractivity contribution is 0.0952. The lowest BCUT2D eigenvalue weighted by Gasteiger charge is -2.09. The van der Waals surface area contributed by atoms with Gasteiger partial charge in [-0.15, -0.1) is 22.9 Å². The zero-order valence-corrected chi connectivity index (χ0v) is 10.8. The van der Waals surface area contributed by atoms with Crippen LogP contribution in [-0.4, -0.2) is 18.3 Å². The minimum atomic E-state index is -0.0617. The summed E-state index contributed by atoms with van der Waals surface area (Å²) >= 11 is 12.6. The molecule has 1 aromatic heterocycles. The Kier molecular flexibility index (Phi) is 5.43. The van der Waals surface area contributed by atoms with Crippen LogP contribution in [0.15, 0.2) is 12.1 Å². The van der Waals surface area contributed by atoms with E-state index in [0.717, 1.165) is 6.42 Å². The van der Waals surface area contributed by atoms with E-state index in [4.69, 9.17) is 23.2 Å². The predicted octanol–water partition coefficient (Wildman–Crippen LogP) is 3.40. The first-order valence-electron chi connectivity index (χ1n) is 4.73. The van der Waals surface area contributed by atoms with E-state index in [1.54, 1.807) is 12.1 Å². The largest absolute Gasteiger partial charge is 0.351 e. The van der Waals surface area contributed by atoms with Crippen LogP contribution in [0.1, 0.15) is 23.0 Å². The number of hydrogen-bond donors (Lipinski definition) is 1. The minimum Gasteiger partial charge on any atom is -0.351 e. The fourth-order valence-electron chi connectivity index (χ4n) is 1.08. The average molecular weight is 266 g/mol. The second-order valence-electron chi connectivity index (χ2n) is 3.40. The SMILES string of the molecule is CC(CCCl)CNC(=O)c1ccc(Cl)s1. The highest BCUT2D eigenvalue weighted by atomic mass is 35.5. The highest BCUT2D eigenvalue weighted by Gasteiger charge is 2.09. The van der Waals surface area contributed by atoms with E-state index in [-0.39, 0.29) is 5.91 Å².